The van der Waals surface area contributed by atoms with E-state index < -0.39 is 17.9 Å². The molecule has 5 rings (SSSR count). The molecule has 12 heteroatoms. The van der Waals surface area contributed by atoms with Crippen molar-refractivity contribution in [1.82, 2.24) is 10.3 Å². The van der Waals surface area contributed by atoms with E-state index in [1.165, 1.54) is 37.6 Å². The number of nitrogens with zero attached hydrogens (tertiary/aromatic N) is 2. The molecule has 204 valence electrons. The fourth-order valence-electron chi connectivity index (χ4n) is 4.41. The number of anilines is 1. The molecule has 3 aromatic rings. The van der Waals surface area contributed by atoms with Crippen LogP contribution in [-0.2, 0) is 10.3 Å². The second kappa shape index (κ2) is 10.3. The van der Waals surface area contributed by atoms with Gasteiger partial charge in [-0.05, 0) is 48.7 Å². The molecule has 1 aliphatic carbocycles. The van der Waals surface area contributed by atoms with Gasteiger partial charge in [-0.2, -0.15) is 0 Å². The van der Waals surface area contributed by atoms with Gasteiger partial charge in [0.15, 0.2) is 0 Å². The molecule has 2 aromatic carbocycles. The summed E-state index contributed by atoms with van der Waals surface area (Å²) in [5, 5.41) is 3.39. The van der Waals surface area contributed by atoms with Crippen molar-refractivity contribution in [2.45, 2.75) is 30.8 Å². The summed E-state index contributed by atoms with van der Waals surface area (Å²) in [5.41, 5.74) is 1.02. The van der Waals surface area contributed by atoms with Crippen LogP contribution in [0.5, 0.6) is 11.5 Å². The van der Waals surface area contributed by atoms with Gasteiger partial charge < -0.3 is 24.4 Å². The standard InChI is InChI=1S/C27H23ClF3N3O5/c1-37-25(36)16-5-7-17(8-6-16)26(9-10-26)33-24(35)22-11-18(28)13-32-23(22)34-14-21(15-34)38-19-3-2-4-20(12-19)39-27(29,30)31/h2-8,11-13,21H,9-10,14-15H2,1H3,(H,33,35). The third-order valence-corrected chi connectivity index (χ3v) is 6.74. The van der Waals surface area contributed by atoms with Crippen LogP contribution in [0, 0.1) is 0 Å². The van der Waals surface area contributed by atoms with E-state index in [-0.39, 0.29) is 23.5 Å². The van der Waals surface area contributed by atoms with Crippen LogP contribution in [0.4, 0.5) is 19.0 Å². The second-order valence-electron chi connectivity index (χ2n) is 9.30. The number of nitrogens with one attached hydrogen (secondary N) is 1. The summed E-state index contributed by atoms with van der Waals surface area (Å²) in [6, 6.07) is 13.8. The summed E-state index contributed by atoms with van der Waals surface area (Å²) >= 11 is 6.17. The molecule has 2 aliphatic rings. The molecule has 8 nitrogen and oxygen atoms in total. The highest BCUT2D eigenvalue weighted by Crippen LogP contribution is 2.46. The third-order valence-electron chi connectivity index (χ3n) is 6.53. The van der Waals surface area contributed by atoms with Gasteiger partial charge in [-0.15, -0.1) is 13.2 Å². The van der Waals surface area contributed by atoms with E-state index in [1.54, 1.807) is 30.3 Å². The van der Waals surface area contributed by atoms with Crippen molar-refractivity contribution in [3.05, 3.63) is 82.5 Å². The van der Waals surface area contributed by atoms with E-state index in [2.05, 4.69) is 15.0 Å². The zero-order valence-corrected chi connectivity index (χ0v) is 21.4. The topological polar surface area (TPSA) is 90.0 Å². The van der Waals surface area contributed by atoms with Crippen LogP contribution in [-0.4, -0.2) is 49.5 Å². The molecule has 1 saturated heterocycles. The van der Waals surface area contributed by atoms with Crippen LogP contribution in [0.2, 0.25) is 5.02 Å². The molecular formula is C27H23ClF3N3O5. The molecule has 1 N–H and O–H groups in total. The smallest absolute Gasteiger partial charge is 0.487 e. The first-order chi connectivity index (χ1) is 18.5. The Bertz CT molecular complexity index is 1390. The van der Waals surface area contributed by atoms with Gasteiger partial charge in [0.25, 0.3) is 5.91 Å². The van der Waals surface area contributed by atoms with E-state index in [0.717, 1.165) is 18.4 Å². The molecule has 2 fully saturated rings. The molecule has 1 aliphatic heterocycles. The van der Waals surface area contributed by atoms with Crippen molar-refractivity contribution in [3.8, 4) is 11.5 Å². The first kappa shape index (κ1) is 26.6. The number of benzene rings is 2. The molecule has 0 bridgehead atoms. The maximum absolute atomic E-state index is 13.4. The molecule has 1 aromatic heterocycles. The van der Waals surface area contributed by atoms with E-state index >= 15 is 0 Å². The number of aromatic nitrogens is 1. The Morgan fingerprint density at radius 1 is 1.08 bits per heavy atom. The Morgan fingerprint density at radius 2 is 1.77 bits per heavy atom. The lowest BCUT2D eigenvalue weighted by Gasteiger charge is -2.40. The highest BCUT2D eigenvalue weighted by atomic mass is 35.5. The Kier molecular flexibility index (Phi) is 7.02. The van der Waals surface area contributed by atoms with Crippen LogP contribution < -0.4 is 19.7 Å². The number of methoxy groups -OCH3 is 1. The number of amides is 1. The van der Waals surface area contributed by atoms with Crippen LogP contribution in [0.15, 0.2) is 60.8 Å². The Hall–Kier alpha value is -3.99. The van der Waals surface area contributed by atoms with Gasteiger partial charge in [0.2, 0.25) is 0 Å². The van der Waals surface area contributed by atoms with Crippen molar-refractivity contribution in [2.75, 3.05) is 25.1 Å². The zero-order valence-electron chi connectivity index (χ0n) is 20.6. The average Bonchev–Trinajstić information content (AvgIpc) is 3.65. The lowest BCUT2D eigenvalue weighted by molar-refractivity contribution is -0.274. The van der Waals surface area contributed by atoms with Crippen LogP contribution in [0.25, 0.3) is 0 Å². The van der Waals surface area contributed by atoms with Crippen LogP contribution in [0.1, 0.15) is 39.1 Å². The summed E-state index contributed by atoms with van der Waals surface area (Å²) < 4.78 is 52.0. The predicted molar refractivity (Wildman–Crippen MR) is 135 cm³/mol. The van der Waals surface area contributed by atoms with Crippen LogP contribution in [0.3, 0.4) is 0 Å². The Morgan fingerprint density at radius 3 is 2.41 bits per heavy atom. The number of alkyl halides is 3. The number of carbonyl (C=O) groups is 2. The summed E-state index contributed by atoms with van der Waals surface area (Å²) in [7, 11) is 1.31. The van der Waals surface area contributed by atoms with Crippen LogP contribution >= 0.6 is 11.6 Å². The first-order valence-electron chi connectivity index (χ1n) is 12.0. The normalized spacial score (nSPS) is 16.2. The highest BCUT2D eigenvalue weighted by Gasteiger charge is 2.46. The Balaban J connectivity index is 1.25. The molecule has 1 saturated carbocycles. The third kappa shape index (κ3) is 6.03. The van der Waals surface area contributed by atoms with Gasteiger partial charge in [-0.25, -0.2) is 9.78 Å². The summed E-state index contributed by atoms with van der Waals surface area (Å²) in [5.74, 6) is -0.510. The predicted octanol–water partition coefficient (Wildman–Crippen LogP) is 5.11. The number of hydrogen-bond donors (Lipinski definition) is 1. The quantitative estimate of drug-likeness (QED) is 0.382. The van der Waals surface area contributed by atoms with E-state index in [0.29, 0.717) is 35.1 Å². The maximum atomic E-state index is 13.4. The largest absolute Gasteiger partial charge is 0.573 e. The minimum Gasteiger partial charge on any atom is -0.487 e. The number of rotatable bonds is 8. The second-order valence-corrected chi connectivity index (χ2v) is 9.73. The summed E-state index contributed by atoms with van der Waals surface area (Å²) in [4.78, 5) is 31.3. The molecule has 0 atom stereocenters. The number of ether oxygens (including phenoxy) is 3. The molecular weight excluding hydrogens is 539 g/mol. The number of carbonyl (C=O) groups excluding carboxylic acids is 2. The summed E-state index contributed by atoms with van der Waals surface area (Å²) in [6.07, 6.45) is -2.22. The van der Waals surface area contributed by atoms with Gasteiger partial charge in [0.05, 0.1) is 41.9 Å². The maximum Gasteiger partial charge on any atom is 0.573 e. The highest BCUT2D eigenvalue weighted by molar-refractivity contribution is 6.31. The first-order valence-corrected chi connectivity index (χ1v) is 12.4. The lowest BCUT2D eigenvalue weighted by atomic mass is 10.0. The molecule has 0 spiro atoms. The number of esters is 1. The van der Waals surface area contributed by atoms with E-state index in [4.69, 9.17) is 21.1 Å². The lowest BCUT2D eigenvalue weighted by Crippen LogP contribution is -2.55. The average molecular weight is 562 g/mol. The molecule has 0 unspecified atom stereocenters. The Labute approximate surface area is 226 Å². The van der Waals surface area contributed by atoms with Crippen molar-refractivity contribution in [3.63, 3.8) is 0 Å². The molecule has 39 heavy (non-hydrogen) atoms. The van der Waals surface area contributed by atoms with Crippen molar-refractivity contribution >= 4 is 29.3 Å². The summed E-state index contributed by atoms with van der Waals surface area (Å²) in [6.45, 7) is 0.721. The van der Waals surface area contributed by atoms with Gasteiger partial charge >= 0.3 is 12.3 Å². The molecule has 1 amide bonds. The van der Waals surface area contributed by atoms with Gasteiger partial charge in [-0.1, -0.05) is 29.8 Å². The zero-order chi connectivity index (χ0) is 27.8. The number of hydrogen-bond acceptors (Lipinski definition) is 7. The van der Waals surface area contributed by atoms with E-state index in [1.807, 2.05) is 4.90 Å². The van der Waals surface area contributed by atoms with Gasteiger partial charge in [0.1, 0.15) is 23.4 Å². The monoisotopic (exact) mass is 561 g/mol. The number of halogens is 4. The molecule has 2 heterocycles. The van der Waals surface area contributed by atoms with Gasteiger partial charge in [-0.3, -0.25) is 4.79 Å². The molecule has 0 radical (unpaired) electrons. The van der Waals surface area contributed by atoms with E-state index in [9.17, 15) is 22.8 Å². The van der Waals surface area contributed by atoms with Crippen molar-refractivity contribution in [2.24, 2.45) is 0 Å². The fourth-order valence-corrected chi connectivity index (χ4v) is 4.57. The number of pyridine rings is 1. The minimum absolute atomic E-state index is 0.234. The van der Waals surface area contributed by atoms with Gasteiger partial charge in [0, 0.05) is 12.3 Å². The van der Waals surface area contributed by atoms with Crippen molar-refractivity contribution < 1.29 is 37.0 Å². The van der Waals surface area contributed by atoms with Crippen molar-refractivity contribution in [1.29, 1.82) is 0 Å². The minimum atomic E-state index is -4.80. The SMILES string of the molecule is COC(=O)c1ccc(C2(NC(=O)c3cc(Cl)cnc3N3CC(Oc4cccc(OC(F)(F)F)c4)C3)CC2)cc1. The fraction of sp³-hybridized carbons (Fsp3) is 0.296.